The second-order valence-electron chi connectivity index (χ2n) is 5.68. The van der Waals surface area contributed by atoms with Crippen LogP contribution in [0.3, 0.4) is 0 Å². The lowest BCUT2D eigenvalue weighted by Crippen LogP contribution is -2.31. The largest absolute Gasteiger partial charge is 0.478 e. The molecule has 1 unspecified atom stereocenters. The monoisotopic (exact) mass is 324 g/mol. The molecular formula is C18H16N2O4. The summed E-state index contributed by atoms with van der Waals surface area (Å²) in [5.74, 6) is -2.40. The fourth-order valence-corrected chi connectivity index (χ4v) is 2.87. The van der Waals surface area contributed by atoms with Gasteiger partial charge in [0, 0.05) is 12.1 Å². The molecule has 1 aliphatic rings. The predicted octanol–water partition coefficient (Wildman–Crippen LogP) is 2.76. The van der Waals surface area contributed by atoms with Crippen molar-refractivity contribution in [3.63, 3.8) is 0 Å². The number of carboxylic acid groups (broad SMARTS) is 1. The number of nitrogens with one attached hydrogen (secondary N) is 2. The smallest absolute Gasteiger partial charge is 0.337 e. The molecule has 1 aliphatic heterocycles. The van der Waals surface area contributed by atoms with Gasteiger partial charge in [0.15, 0.2) is 0 Å². The van der Waals surface area contributed by atoms with E-state index < -0.39 is 17.8 Å². The van der Waals surface area contributed by atoms with Gasteiger partial charge in [-0.05, 0) is 30.2 Å². The summed E-state index contributed by atoms with van der Waals surface area (Å²) in [6.45, 7) is 1.73. The number of aromatic carboxylic acids is 1. The lowest BCUT2D eigenvalue weighted by molar-refractivity contribution is -0.123. The van der Waals surface area contributed by atoms with Crippen LogP contribution >= 0.6 is 0 Å². The highest BCUT2D eigenvalue weighted by Crippen LogP contribution is 2.33. The molecule has 24 heavy (non-hydrogen) atoms. The Balaban J connectivity index is 1.95. The Hall–Kier alpha value is -3.15. The van der Waals surface area contributed by atoms with Crippen molar-refractivity contribution in [2.24, 2.45) is 0 Å². The maximum atomic E-state index is 12.7. The fourth-order valence-electron chi connectivity index (χ4n) is 2.87. The van der Waals surface area contributed by atoms with Crippen molar-refractivity contribution in [1.29, 1.82) is 0 Å². The molecule has 0 aliphatic carbocycles. The van der Waals surface area contributed by atoms with Crippen LogP contribution < -0.4 is 10.6 Å². The highest BCUT2D eigenvalue weighted by atomic mass is 16.4. The van der Waals surface area contributed by atoms with E-state index in [0.717, 1.165) is 5.56 Å². The molecule has 1 atom stereocenters. The Bertz CT molecular complexity index is 845. The molecule has 1 heterocycles. The van der Waals surface area contributed by atoms with Crippen LogP contribution in [0.1, 0.15) is 33.8 Å². The van der Waals surface area contributed by atoms with Crippen LogP contribution in [-0.2, 0) is 9.59 Å². The molecule has 0 fully saturated rings. The van der Waals surface area contributed by atoms with Crippen LogP contribution in [0.4, 0.5) is 11.4 Å². The standard InChI is InChI=1S/C18H16N2O4/c1-10-5-4-7-12(18(23)24)16(10)20-17(22)13-9-15(21)19-14-8-3-2-6-11(13)14/h2-8,13H,9H2,1H3,(H,19,21)(H,20,22)(H,23,24). The van der Waals surface area contributed by atoms with E-state index in [9.17, 15) is 19.5 Å². The number of carboxylic acids is 1. The summed E-state index contributed by atoms with van der Waals surface area (Å²) in [4.78, 5) is 35.9. The third kappa shape index (κ3) is 2.86. The molecule has 0 radical (unpaired) electrons. The van der Waals surface area contributed by atoms with Gasteiger partial charge >= 0.3 is 5.97 Å². The average molecular weight is 324 g/mol. The number of aryl methyl sites for hydroxylation is 1. The third-order valence-corrected chi connectivity index (χ3v) is 4.07. The summed E-state index contributed by atoms with van der Waals surface area (Å²) in [7, 11) is 0. The van der Waals surface area contributed by atoms with Gasteiger partial charge < -0.3 is 15.7 Å². The molecule has 2 aromatic carbocycles. The van der Waals surface area contributed by atoms with Crippen molar-refractivity contribution in [3.8, 4) is 0 Å². The molecule has 6 nitrogen and oxygen atoms in total. The molecule has 0 bridgehead atoms. The van der Waals surface area contributed by atoms with Gasteiger partial charge in [-0.1, -0.05) is 30.3 Å². The molecular weight excluding hydrogens is 308 g/mol. The van der Waals surface area contributed by atoms with Crippen LogP contribution in [0.2, 0.25) is 0 Å². The van der Waals surface area contributed by atoms with Gasteiger partial charge in [-0.3, -0.25) is 9.59 Å². The maximum absolute atomic E-state index is 12.7. The number of amides is 2. The van der Waals surface area contributed by atoms with Gasteiger partial charge in [0.1, 0.15) is 0 Å². The summed E-state index contributed by atoms with van der Waals surface area (Å²) in [5, 5.41) is 14.7. The number of fused-ring (bicyclic) bond motifs is 1. The highest BCUT2D eigenvalue weighted by Gasteiger charge is 2.31. The van der Waals surface area contributed by atoms with Gasteiger partial charge in [0.05, 0.1) is 17.2 Å². The minimum Gasteiger partial charge on any atom is -0.478 e. The van der Waals surface area contributed by atoms with Gasteiger partial charge in [-0.2, -0.15) is 0 Å². The molecule has 122 valence electrons. The Labute approximate surface area is 138 Å². The first-order chi connectivity index (χ1) is 11.5. The Kier molecular flexibility index (Phi) is 4.04. The van der Waals surface area contributed by atoms with Crippen molar-refractivity contribution >= 4 is 29.2 Å². The number of carbonyl (C=O) groups excluding carboxylic acids is 2. The lowest BCUT2D eigenvalue weighted by Gasteiger charge is -2.25. The molecule has 3 N–H and O–H groups in total. The number of hydrogen-bond donors (Lipinski definition) is 3. The van der Waals surface area contributed by atoms with Crippen molar-refractivity contribution in [2.75, 3.05) is 10.6 Å². The Morgan fingerprint density at radius 2 is 1.92 bits per heavy atom. The predicted molar refractivity (Wildman–Crippen MR) is 89.2 cm³/mol. The van der Waals surface area contributed by atoms with E-state index in [2.05, 4.69) is 10.6 Å². The van der Waals surface area contributed by atoms with Crippen molar-refractivity contribution < 1.29 is 19.5 Å². The topological polar surface area (TPSA) is 95.5 Å². The lowest BCUT2D eigenvalue weighted by atomic mass is 9.89. The van der Waals surface area contributed by atoms with E-state index in [-0.39, 0.29) is 23.6 Å². The molecule has 2 aromatic rings. The summed E-state index contributed by atoms with van der Waals surface area (Å²) in [6.07, 6.45) is 0.0249. The second-order valence-corrected chi connectivity index (χ2v) is 5.68. The fraction of sp³-hybridized carbons (Fsp3) is 0.167. The van der Waals surface area contributed by atoms with Crippen molar-refractivity contribution in [2.45, 2.75) is 19.3 Å². The van der Waals surface area contributed by atoms with E-state index >= 15 is 0 Å². The SMILES string of the molecule is Cc1cccc(C(=O)O)c1NC(=O)C1CC(=O)Nc2ccccc21. The number of anilines is 2. The van der Waals surface area contributed by atoms with Gasteiger partial charge in [-0.15, -0.1) is 0 Å². The molecule has 3 rings (SSSR count). The zero-order chi connectivity index (χ0) is 17.3. The van der Waals surface area contributed by atoms with E-state index in [1.165, 1.54) is 6.07 Å². The van der Waals surface area contributed by atoms with E-state index in [4.69, 9.17) is 0 Å². The number of carbonyl (C=O) groups is 3. The normalized spacial score (nSPS) is 16.0. The first-order valence-electron chi connectivity index (χ1n) is 7.50. The minimum absolute atomic E-state index is 0.0249. The third-order valence-electron chi connectivity index (χ3n) is 4.07. The number of rotatable bonds is 3. The molecule has 6 heteroatoms. The number of hydrogen-bond acceptors (Lipinski definition) is 3. The molecule has 2 amide bonds. The first kappa shape index (κ1) is 15.7. The molecule has 0 saturated carbocycles. The first-order valence-corrected chi connectivity index (χ1v) is 7.50. The van der Waals surface area contributed by atoms with Crippen molar-refractivity contribution in [1.82, 2.24) is 0 Å². The van der Waals surface area contributed by atoms with Crippen molar-refractivity contribution in [3.05, 3.63) is 59.2 Å². The second kappa shape index (κ2) is 6.16. The molecule has 0 aromatic heterocycles. The Morgan fingerprint density at radius 1 is 1.17 bits per heavy atom. The van der Waals surface area contributed by atoms with Gasteiger partial charge in [0.2, 0.25) is 11.8 Å². The highest BCUT2D eigenvalue weighted by molar-refractivity contribution is 6.07. The summed E-state index contributed by atoms with van der Waals surface area (Å²) in [5.41, 5.74) is 2.27. The van der Waals surface area contributed by atoms with Gasteiger partial charge in [0.25, 0.3) is 0 Å². The van der Waals surface area contributed by atoms with Crippen LogP contribution in [0, 0.1) is 6.92 Å². The average Bonchev–Trinajstić information content (AvgIpc) is 2.55. The number of para-hydroxylation sites is 2. The zero-order valence-corrected chi connectivity index (χ0v) is 13.0. The van der Waals surface area contributed by atoms with Crippen LogP contribution in [0.5, 0.6) is 0 Å². The summed E-state index contributed by atoms with van der Waals surface area (Å²) < 4.78 is 0. The van der Waals surface area contributed by atoms with Crippen LogP contribution in [0.15, 0.2) is 42.5 Å². The quantitative estimate of drug-likeness (QED) is 0.809. The maximum Gasteiger partial charge on any atom is 0.337 e. The Morgan fingerprint density at radius 3 is 2.67 bits per heavy atom. The number of benzene rings is 2. The summed E-state index contributed by atoms with van der Waals surface area (Å²) in [6, 6.07) is 11.9. The summed E-state index contributed by atoms with van der Waals surface area (Å²) >= 11 is 0. The zero-order valence-electron chi connectivity index (χ0n) is 13.0. The van der Waals surface area contributed by atoms with E-state index in [1.807, 2.05) is 0 Å². The van der Waals surface area contributed by atoms with Gasteiger partial charge in [-0.25, -0.2) is 4.79 Å². The molecule has 0 spiro atoms. The van der Waals surface area contributed by atoms with Crippen LogP contribution in [-0.4, -0.2) is 22.9 Å². The van der Waals surface area contributed by atoms with E-state index in [1.54, 1.807) is 43.3 Å². The van der Waals surface area contributed by atoms with E-state index in [0.29, 0.717) is 11.3 Å². The van der Waals surface area contributed by atoms with Crippen LogP contribution in [0.25, 0.3) is 0 Å². The minimum atomic E-state index is -1.12. The molecule has 0 saturated heterocycles.